The number of nitrogens with zero attached hydrogens (tertiary/aromatic N) is 1. The Bertz CT molecular complexity index is 677. The molecule has 2 aliphatic rings. The highest BCUT2D eigenvalue weighted by molar-refractivity contribution is 6.30. The average Bonchev–Trinajstić information content (AvgIpc) is 3.22. The number of carbonyl (C=O) groups excluding carboxylic acids is 2. The molecule has 4 nitrogen and oxygen atoms in total. The van der Waals surface area contributed by atoms with Crippen LogP contribution in [0.2, 0.25) is 5.02 Å². The summed E-state index contributed by atoms with van der Waals surface area (Å²) in [5, 5.41) is 3.76. The minimum atomic E-state index is -0.430. The van der Waals surface area contributed by atoms with E-state index in [1.165, 1.54) is 0 Å². The van der Waals surface area contributed by atoms with Crippen molar-refractivity contribution in [1.82, 2.24) is 10.2 Å². The SMILES string of the molecule is CCCCCNC(=O)C1CCN(C(=O)C2(c3cccc(Cl)c3)CCCC2)CC1. The van der Waals surface area contributed by atoms with Gasteiger partial charge in [-0.3, -0.25) is 9.59 Å². The lowest BCUT2D eigenvalue weighted by Gasteiger charge is -2.38. The van der Waals surface area contributed by atoms with Crippen LogP contribution in [0.3, 0.4) is 0 Å². The van der Waals surface area contributed by atoms with E-state index in [1.54, 1.807) is 0 Å². The molecule has 0 unspecified atom stereocenters. The molecule has 0 spiro atoms. The van der Waals surface area contributed by atoms with Crippen LogP contribution in [0.5, 0.6) is 0 Å². The molecule has 1 aliphatic carbocycles. The van der Waals surface area contributed by atoms with Crippen molar-refractivity contribution in [2.75, 3.05) is 19.6 Å². The zero-order valence-electron chi connectivity index (χ0n) is 17.0. The van der Waals surface area contributed by atoms with Gasteiger partial charge in [0.1, 0.15) is 0 Å². The average molecular weight is 405 g/mol. The lowest BCUT2D eigenvalue weighted by molar-refractivity contribution is -0.140. The fraction of sp³-hybridized carbons (Fsp3) is 0.652. The molecule has 1 saturated carbocycles. The predicted molar refractivity (Wildman–Crippen MR) is 113 cm³/mol. The van der Waals surface area contributed by atoms with E-state index < -0.39 is 5.41 Å². The van der Waals surface area contributed by atoms with Gasteiger partial charge in [-0.2, -0.15) is 0 Å². The molecule has 1 N–H and O–H groups in total. The summed E-state index contributed by atoms with van der Waals surface area (Å²) in [6, 6.07) is 7.82. The van der Waals surface area contributed by atoms with Gasteiger partial charge in [0.2, 0.25) is 11.8 Å². The number of halogens is 1. The first-order chi connectivity index (χ1) is 13.6. The number of hydrogen-bond acceptors (Lipinski definition) is 2. The number of nitrogens with one attached hydrogen (secondary N) is 1. The molecule has 28 heavy (non-hydrogen) atoms. The van der Waals surface area contributed by atoms with E-state index in [9.17, 15) is 9.59 Å². The predicted octanol–water partition coefficient (Wildman–Crippen LogP) is 4.70. The monoisotopic (exact) mass is 404 g/mol. The van der Waals surface area contributed by atoms with Gasteiger partial charge in [0.25, 0.3) is 0 Å². The highest BCUT2D eigenvalue weighted by atomic mass is 35.5. The maximum Gasteiger partial charge on any atom is 0.233 e. The van der Waals surface area contributed by atoms with E-state index in [4.69, 9.17) is 11.6 Å². The van der Waals surface area contributed by atoms with Gasteiger partial charge in [0, 0.05) is 30.6 Å². The van der Waals surface area contributed by atoms with Crippen LogP contribution < -0.4 is 5.32 Å². The summed E-state index contributed by atoms with van der Waals surface area (Å²) < 4.78 is 0. The lowest BCUT2D eigenvalue weighted by atomic mass is 9.77. The zero-order valence-corrected chi connectivity index (χ0v) is 17.8. The molecule has 0 atom stereocenters. The van der Waals surface area contributed by atoms with Crippen LogP contribution in [-0.2, 0) is 15.0 Å². The smallest absolute Gasteiger partial charge is 0.233 e. The van der Waals surface area contributed by atoms with Crippen molar-refractivity contribution in [1.29, 1.82) is 0 Å². The standard InChI is InChI=1S/C23H33ClN2O2/c1-2-3-6-14-25-21(27)18-10-15-26(16-11-18)22(28)23(12-4-5-13-23)19-8-7-9-20(24)17-19/h7-9,17-18H,2-6,10-16H2,1H3,(H,25,27). The Morgan fingerprint density at radius 3 is 2.54 bits per heavy atom. The first-order valence-corrected chi connectivity index (χ1v) is 11.3. The summed E-state index contributed by atoms with van der Waals surface area (Å²) in [5.74, 6) is 0.430. The molecule has 2 fully saturated rings. The second-order valence-electron chi connectivity index (χ2n) is 8.36. The van der Waals surface area contributed by atoms with Crippen molar-refractivity contribution >= 4 is 23.4 Å². The molecule has 1 aromatic carbocycles. The Morgan fingerprint density at radius 1 is 1.18 bits per heavy atom. The summed E-state index contributed by atoms with van der Waals surface area (Å²) in [6.07, 6.45) is 8.82. The lowest BCUT2D eigenvalue weighted by Crippen LogP contribution is -2.50. The molecule has 0 radical (unpaired) electrons. The molecule has 1 heterocycles. The summed E-state index contributed by atoms with van der Waals surface area (Å²) in [7, 11) is 0. The fourth-order valence-electron chi connectivity index (χ4n) is 4.77. The highest BCUT2D eigenvalue weighted by Gasteiger charge is 2.45. The number of hydrogen-bond donors (Lipinski definition) is 1. The molecule has 154 valence electrons. The van der Waals surface area contributed by atoms with Crippen LogP contribution in [0.25, 0.3) is 0 Å². The van der Waals surface area contributed by atoms with Crippen molar-refractivity contribution in [3.05, 3.63) is 34.9 Å². The summed E-state index contributed by atoms with van der Waals surface area (Å²) in [6.45, 7) is 4.28. The highest BCUT2D eigenvalue weighted by Crippen LogP contribution is 2.43. The van der Waals surface area contributed by atoms with Gasteiger partial charge in [0.05, 0.1) is 5.41 Å². The Balaban J connectivity index is 1.60. The number of unbranched alkanes of at least 4 members (excludes halogenated alkanes) is 2. The number of carbonyl (C=O) groups is 2. The quantitative estimate of drug-likeness (QED) is 0.670. The largest absolute Gasteiger partial charge is 0.356 e. The van der Waals surface area contributed by atoms with E-state index in [1.807, 2.05) is 29.2 Å². The second kappa shape index (κ2) is 9.78. The number of piperidine rings is 1. The molecule has 5 heteroatoms. The Morgan fingerprint density at radius 2 is 1.89 bits per heavy atom. The van der Waals surface area contributed by atoms with Crippen LogP contribution in [0, 0.1) is 5.92 Å². The third kappa shape index (κ3) is 4.71. The molecule has 3 rings (SSSR count). The maximum absolute atomic E-state index is 13.5. The van der Waals surface area contributed by atoms with Crippen LogP contribution in [-0.4, -0.2) is 36.3 Å². The topological polar surface area (TPSA) is 49.4 Å². The first kappa shape index (κ1) is 21.2. The van der Waals surface area contributed by atoms with Gasteiger partial charge in [-0.15, -0.1) is 0 Å². The molecule has 1 aliphatic heterocycles. The second-order valence-corrected chi connectivity index (χ2v) is 8.80. The zero-order chi connectivity index (χ0) is 20.0. The number of amides is 2. The Labute approximate surface area is 174 Å². The van der Waals surface area contributed by atoms with Gasteiger partial charge >= 0.3 is 0 Å². The Kier molecular flexibility index (Phi) is 7.39. The van der Waals surface area contributed by atoms with Gasteiger partial charge in [-0.25, -0.2) is 0 Å². The van der Waals surface area contributed by atoms with E-state index in [0.717, 1.165) is 69.9 Å². The number of rotatable bonds is 7. The van der Waals surface area contributed by atoms with Crippen molar-refractivity contribution in [2.24, 2.45) is 5.92 Å². The molecule has 1 saturated heterocycles. The van der Waals surface area contributed by atoms with Crippen molar-refractivity contribution in [3.8, 4) is 0 Å². The van der Waals surface area contributed by atoms with Gasteiger partial charge in [-0.1, -0.05) is 56.3 Å². The molecule has 2 amide bonds. The fourth-order valence-corrected chi connectivity index (χ4v) is 4.96. The van der Waals surface area contributed by atoms with Crippen LogP contribution in [0.15, 0.2) is 24.3 Å². The molecular formula is C23H33ClN2O2. The van der Waals surface area contributed by atoms with Crippen LogP contribution in [0.4, 0.5) is 0 Å². The van der Waals surface area contributed by atoms with E-state index in [2.05, 4.69) is 12.2 Å². The molecule has 0 bridgehead atoms. The van der Waals surface area contributed by atoms with E-state index in [-0.39, 0.29) is 17.7 Å². The molecule has 1 aromatic rings. The third-order valence-electron chi connectivity index (χ3n) is 6.48. The number of benzene rings is 1. The summed E-state index contributed by atoms with van der Waals surface area (Å²) in [5.41, 5.74) is 0.624. The normalized spacial score (nSPS) is 19.6. The van der Waals surface area contributed by atoms with Crippen molar-refractivity contribution in [3.63, 3.8) is 0 Å². The van der Waals surface area contributed by atoms with Crippen molar-refractivity contribution in [2.45, 2.75) is 70.1 Å². The minimum Gasteiger partial charge on any atom is -0.356 e. The van der Waals surface area contributed by atoms with Crippen LogP contribution in [0.1, 0.15) is 70.3 Å². The molecular weight excluding hydrogens is 372 g/mol. The van der Waals surface area contributed by atoms with Gasteiger partial charge in [0.15, 0.2) is 0 Å². The Hall–Kier alpha value is -1.55. The van der Waals surface area contributed by atoms with Gasteiger partial charge in [-0.05, 0) is 49.8 Å². The van der Waals surface area contributed by atoms with Crippen LogP contribution >= 0.6 is 11.6 Å². The third-order valence-corrected chi connectivity index (χ3v) is 6.71. The van der Waals surface area contributed by atoms with Gasteiger partial charge < -0.3 is 10.2 Å². The van der Waals surface area contributed by atoms with E-state index >= 15 is 0 Å². The number of likely N-dealkylation sites (tertiary alicyclic amines) is 1. The van der Waals surface area contributed by atoms with Crippen molar-refractivity contribution < 1.29 is 9.59 Å². The maximum atomic E-state index is 13.5. The summed E-state index contributed by atoms with van der Waals surface area (Å²) in [4.78, 5) is 27.9. The minimum absolute atomic E-state index is 0.0383. The van der Waals surface area contributed by atoms with E-state index in [0.29, 0.717) is 18.1 Å². The molecule has 0 aromatic heterocycles. The summed E-state index contributed by atoms with van der Waals surface area (Å²) >= 11 is 6.22. The first-order valence-electron chi connectivity index (χ1n) is 10.9.